The van der Waals surface area contributed by atoms with E-state index in [4.69, 9.17) is 25.8 Å². The number of fused-ring (bicyclic) bond motifs is 1. The summed E-state index contributed by atoms with van der Waals surface area (Å²) in [5.41, 5.74) is -5.82. The normalized spacial score (nSPS) is 16.7. The minimum Gasteiger partial charge on any atom is -0.496 e. The Bertz CT molecular complexity index is 1430. The molecule has 0 saturated heterocycles. The second-order valence-corrected chi connectivity index (χ2v) is 8.28. The molecule has 0 fully saturated rings. The molecule has 0 aromatic heterocycles. The first-order valence-corrected chi connectivity index (χ1v) is 10.9. The Labute approximate surface area is 216 Å². The number of ether oxygens (including phenoxy) is 3. The molecule has 1 aliphatic rings. The zero-order valence-electron chi connectivity index (χ0n) is 19.1. The van der Waals surface area contributed by atoms with E-state index in [2.05, 4.69) is 0 Å². The summed E-state index contributed by atoms with van der Waals surface area (Å²) in [6.07, 6.45) is -6.23. The third kappa shape index (κ3) is 4.79. The monoisotopic (exact) mass is 554 g/mol. The summed E-state index contributed by atoms with van der Waals surface area (Å²) in [5.74, 6) is -1.62. The largest absolute Gasteiger partial charge is 0.515 e. The van der Waals surface area contributed by atoms with Crippen molar-refractivity contribution in [2.75, 3.05) is 18.7 Å². The van der Waals surface area contributed by atoms with Crippen LogP contribution in [0.15, 0.2) is 60.7 Å². The zero-order chi connectivity index (χ0) is 27.8. The van der Waals surface area contributed by atoms with Crippen LogP contribution in [-0.4, -0.2) is 30.8 Å². The third-order valence-electron chi connectivity index (χ3n) is 5.62. The molecule has 1 heterocycles. The van der Waals surface area contributed by atoms with Gasteiger partial charge in [-0.1, -0.05) is 17.7 Å². The van der Waals surface area contributed by atoms with E-state index in [1.165, 1.54) is 19.2 Å². The number of rotatable bonds is 6. The van der Waals surface area contributed by atoms with Crippen LogP contribution < -0.4 is 14.4 Å². The Morgan fingerprint density at radius 1 is 1.08 bits per heavy atom. The van der Waals surface area contributed by atoms with E-state index in [1.54, 1.807) is 0 Å². The molecule has 9 nitrogen and oxygen atoms in total. The van der Waals surface area contributed by atoms with E-state index in [-0.39, 0.29) is 27.8 Å². The highest BCUT2D eigenvalue weighted by molar-refractivity contribution is 6.30. The smallest absolute Gasteiger partial charge is 0.496 e. The molecule has 38 heavy (non-hydrogen) atoms. The van der Waals surface area contributed by atoms with Crippen LogP contribution in [0.1, 0.15) is 16.7 Å². The van der Waals surface area contributed by atoms with Crippen LogP contribution in [0.25, 0.3) is 0 Å². The van der Waals surface area contributed by atoms with Crippen LogP contribution in [0.3, 0.4) is 0 Å². The molecule has 14 heteroatoms. The summed E-state index contributed by atoms with van der Waals surface area (Å²) in [6, 6.07) is 10.0. The van der Waals surface area contributed by atoms with Gasteiger partial charge in [0.05, 0.1) is 23.3 Å². The summed E-state index contributed by atoms with van der Waals surface area (Å²) in [5, 5.41) is 10.8. The lowest BCUT2D eigenvalue weighted by Gasteiger charge is -2.23. The van der Waals surface area contributed by atoms with Gasteiger partial charge < -0.3 is 14.2 Å². The van der Waals surface area contributed by atoms with Gasteiger partial charge in [0.15, 0.2) is 6.73 Å². The second kappa shape index (κ2) is 9.82. The maximum atomic E-state index is 16.7. The van der Waals surface area contributed by atoms with E-state index in [0.717, 1.165) is 36.4 Å². The van der Waals surface area contributed by atoms with Gasteiger partial charge in [-0.2, -0.15) is 13.2 Å². The average Bonchev–Trinajstić information content (AvgIpc) is 3.09. The highest BCUT2D eigenvalue weighted by atomic mass is 35.5. The summed E-state index contributed by atoms with van der Waals surface area (Å²) < 4.78 is 71.8. The van der Waals surface area contributed by atoms with E-state index in [1.807, 2.05) is 0 Å². The SMILES string of the molecule is COc1ccc(Cl)cc1C1(F)C(=O)N(COC(=O)Oc2ccc([N+](=O)[O-])cc2)c2cc(C(F)(F)F)ccc21. The van der Waals surface area contributed by atoms with E-state index >= 15 is 4.39 Å². The Balaban J connectivity index is 1.67. The molecule has 0 saturated carbocycles. The maximum absolute atomic E-state index is 16.7. The van der Waals surface area contributed by atoms with Crippen molar-refractivity contribution in [1.29, 1.82) is 0 Å². The number of anilines is 1. The maximum Gasteiger partial charge on any atom is 0.515 e. The van der Waals surface area contributed by atoms with Crippen molar-refractivity contribution in [3.05, 3.63) is 92.5 Å². The molecule has 3 aromatic rings. The number of hydrogen-bond donors (Lipinski definition) is 0. The van der Waals surface area contributed by atoms with Gasteiger partial charge in [0.2, 0.25) is 5.67 Å². The fourth-order valence-corrected chi connectivity index (χ4v) is 4.02. The molecule has 0 bridgehead atoms. The zero-order valence-corrected chi connectivity index (χ0v) is 19.9. The molecule has 0 spiro atoms. The van der Waals surface area contributed by atoms with Crippen molar-refractivity contribution in [1.82, 2.24) is 0 Å². The Morgan fingerprint density at radius 3 is 2.37 bits per heavy atom. The lowest BCUT2D eigenvalue weighted by atomic mass is 9.88. The van der Waals surface area contributed by atoms with Crippen molar-refractivity contribution in [3.8, 4) is 11.5 Å². The molecule has 0 aliphatic carbocycles. The number of methoxy groups -OCH3 is 1. The number of benzene rings is 3. The number of halogens is 5. The van der Waals surface area contributed by atoms with Crippen molar-refractivity contribution in [2.45, 2.75) is 11.8 Å². The predicted molar refractivity (Wildman–Crippen MR) is 124 cm³/mol. The molecule has 0 N–H and O–H groups in total. The first-order chi connectivity index (χ1) is 17.9. The van der Waals surface area contributed by atoms with E-state index in [0.29, 0.717) is 17.0 Å². The predicted octanol–water partition coefficient (Wildman–Crippen LogP) is 6.01. The number of carbonyl (C=O) groups is 2. The number of amides is 1. The van der Waals surface area contributed by atoms with Crippen LogP contribution >= 0.6 is 11.6 Å². The minimum atomic E-state index is -4.82. The average molecular weight is 555 g/mol. The summed E-state index contributed by atoms with van der Waals surface area (Å²) in [4.78, 5) is 36.1. The fourth-order valence-electron chi connectivity index (χ4n) is 3.85. The summed E-state index contributed by atoms with van der Waals surface area (Å²) in [7, 11) is 1.21. The first-order valence-electron chi connectivity index (χ1n) is 10.5. The molecular weight excluding hydrogens is 540 g/mol. The number of carbonyl (C=O) groups excluding carboxylic acids is 2. The second-order valence-electron chi connectivity index (χ2n) is 7.84. The van der Waals surface area contributed by atoms with Crippen LogP contribution in [-0.2, 0) is 21.4 Å². The number of alkyl halides is 4. The van der Waals surface area contributed by atoms with Crippen molar-refractivity contribution in [3.63, 3.8) is 0 Å². The number of hydrogen-bond acceptors (Lipinski definition) is 7. The van der Waals surface area contributed by atoms with Crippen molar-refractivity contribution in [2.24, 2.45) is 0 Å². The highest BCUT2D eigenvalue weighted by Crippen LogP contribution is 2.51. The fraction of sp³-hybridized carbons (Fsp3) is 0.167. The topological polar surface area (TPSA) is 108 Å². The number of nitrogens with zero attached hydrogens (tertiary/aromatic N) is 2. The molecule has 4 rings (SSSR count). The Morgan fingerprint density at radius 2 is 1.76 bits per heavy atom. The lowest BCUT2D eigenvalue weighted by molar-refractivity contribution is -0.384. The van der Waals surface area contributed by atoms with Gasteiger partial charge in [0.1, 0.15) is 11.5 Å². The van der Waals surface area contributed by atoms with Gasteiger partial charge in [-0.05, 0) is 42.5 Å². The van der Waals surface area contributed by atoms with Gasteiger partial charge in [-0.15, -0.1) is 0 Å². The van der Waals surface area contributed by atoms with Crippen molar-refractivity contribution < 1.29 is 46.3 Å². The van der Waals surface area contributed by atoms with Gasteiger partial charge in [-0.25, -0.2) is 9.18 Å². The summed E-state index contributed by atoms with van der Waals surface area (Å²) >= 11 is 6.00. The van der Waals surface area contributed by atoms with Gasteiger partial charge in [0.25, 0.3) is 11.6 Å². The third-order valence-corrected chi connectivity index (χ3v) is 5.85. The molecule has 1 amide bonds. The number of nitro benzene ring substituents is 1. The minimum absolute atomic E-state index is 0.0282. The number of non-ortho nitro benzene ring substituents is 1. The van der Waals surface area contributed by atoms with Crippen LogP contribution in [0.4, 0.5) is 33.7 Å². The molecule has 3 aromatic carbocycles. The standard InChI is InChI=1S/C24H15ClF4N2O7/c1-36-20-9-3-14(25)11-18(20)23(26)17-8-2-13(24(27,28)29)10-19(17)30(21(23)32)12-37-22(33)38-16-6-4-15(5-7-16)31(34)35/h2-11H,12H2,1H3. The molecule has 1 aliphatic heterocycles. The van der Waals surface area contributed by atoms with Gasteiger partial charge in [0, 0.05) is 28.3 Å². The Hall–Kier alpha value is -4.39. The van der Waals surface area contributed by atoms with Crippen LogP contribution in [0.2, 0.25) is 5.02 Å². The molecule has 0 radical (unpaired) electrons. The van der Waals surface area contributed by atoms with Crippen LogP contribution in [0, 0.1) is 10.1 Å². The van der Waals surface area contributed by atoms with Gasteiger partial charge >= 0.3 is 12.3 Å². The molecular formula is C24H15ClF4N2O7. The van der Waals surface area contributed by atoms with E-state index in [9.17, 15) is 32.9 Å². The van der Waals surface area contributed by atoms with E-state index < -0.39 is 52.4 Å². The first kappa shape index (κ1) is 26.7. The lowest BCUT2D eigenvalue weighted by Crippen LogP contribution is -2.40. The Kier molecular flexibility index (Phi) is 6.89. The molecule has 1 unspecified atom stereocenters. The quantitative estimate of drug-likeness (QED) is 0.121. The number of nitro groups is 1. The van der Waals surface area contributed by atoms with Crippen LogP contribution in [0.5, 0.6) is 11.5 Å². The molecule has 1 atom stereocenters. The molecule has 198 valence electrons. The van der Waals surface area contributed by atoms with Gasteiger partial charge in [-0.3, -0.25) is 19.8 Å². The highest BCUT2D eigenvalue weighted by Gasteiger charge is 2.55. The summed E-state index contributed by atoms with van der Waals surface area (Å²) in [6.45, 7) is -1.02. The van der Waals surface area contributed by atoms with Crippen molar-refractivity contribution >= 4 is 35.0 Å².